The van der Waals surface area contributed by atoms with Crippen molar-refractivity contribution in [2.24, 2.45) is 5.92 Å². The maximum atomic E-state index is 12.5. The van der Waals surface area contributed by atoms with Crippen LogP contribution in [0.1, 0.15) is 39.2 Å². The lowest BCUT2D eigenvalue weighted by Gasteiger charge is -2.38. The minimum atomic E-state index is -0.0693. The molecule has 1 aromatic rings. The molecule has 0 aliphatic carbocycles. The van der Waals surface area contributed by atoms with E-state index in [1.54, 1.807) is 0 Å². The number of likely N-dealkylation sites (tertiary alicyclic amines) is 1. The Morgan fingerprint density at radius 1 is 1.20 bits per heavy atom. The number of carbonyl (C=O) groups is 1. The Morgan fingerprint density at radius 2 is 1.80 bits per heavy atom. The van der Waals surface area contributed by atoms with E-state index in [4.69, 9.17) is 0 Å². The van der Waals surface area contributed by atoms with Crippen LogP contribution in [-0.2, 0) is 11.3 Å². The Bertz CT molecular complexity index is 453. The van der Waals surface area contributed by atoms with Crippen molar-refractivity contribution < 1.29 is 4.79 Å². The lowest BCUT2D eigenvalue weighted by Crippen LogP contribution is -2.45. The highest BCUT2D eigenvalue weighted by Crippen LogP contribution is 2.40. The summed E-state index contributed by atoms with van der Waals surface area (Å²) in [5.41, 5.74) is 1.23. The van der Waals surface area contributed by atoms with Crippen molar-refractivity contribution in [1.82, 2.24) is 10.2 Å². The van der Waals surface area contributed by atoms with Gasteiger partial charge in [-0.15, -0.1) is 0 Å². The number of nitrogens with zero attached hydrogens (tertiary/aromatic N) is 1. The van der Waals surface area contributed by atoms with Gasteiger partial charge in [0.05, 0.1) is 6.04 Å². The molecule has 0 radical (unpaired) electrons. The van der Waals surface area contributed by atoms with Crippen molar-refractivity contribution in [3.05, 3.63) is 35.9 Å². The van der Waals surface area contributed by atoms with Crippen molar-refractivity contribution in [1.29, 1.82) is 0 Å². The predicted octanol–water partition coefficient (Wildman–Crippen LogP) is 2.81. The molecule has 110 valence electrons. The Kier molecular flexibility index (Phi) is 4.48. The van der Waals surface area contributed by atoms with Crippen LogP contribution in [0.4, 0.5) is 0 Å². The first-order chi connectivity index (χ1) is 9.56. The molecule has 0 saturated carbocycles. The lowest BCUT2D eigenvalue weighted by molar-refractivity contribution is -0.131. The standard InChI is InChI=1S/C17H26N2O/c1-5-17(6-2)13(3)15(16(20)19(17)4)18-12-14-10-8-7-9-11-14/h7-11,13,15,18H,5-6,12H2,1-4H3. The van der Waals surface area contributed by atoms with Crippen molar-refractivity contribution >= 4 is 5.91 Å². The van der Waals surface area contributed by atoms with Crippen LogP contribution in [0.25, 0.3) is 0 Å². The van der Waals surface area contributed by atoms with Gasteiger partial charge < -0.3 is 10.2 Å². The monoisotopic (exact) mass is 274 g/mol. The van der Waals surface area contributed by atoms with Crippen LogP contribution in [0.2, 0.25) is 0 Å². The van der Waals surface area contributed by atoms with Gasteiger partial charge in [-0.05, 0) is 18.4 Å². The van der Waals surface area contributed by atoms with E-state index in [1.165, 1.54) is 5.56 Å². The van der Waals surface area contributed by atoms with E-state index in [0.717, 1.165) is 19.4 Å². The van der Waals surface area contributed by atoms with Crippen LogP contribution in [0.5, 0.6) is 0 Å². The molecule has 1 amide bonds. The molecule has 1 fully saturated rings. The summed E-state index contributed by atoms with van der Waals surface area (Å²) in [6.07, 6.45) is 2.02. The number of likely N-dealkylation sites (N-methyl/N-ethyl adjacent to an activating group) is 1. The van der Waals surface area contributed by atoms with Crippen molar-refractivity contribution in [2.75, 3.05) is 7.05 Å². The quantitative estimate of drug-likeness (QED) is 0.895. The number of hydrogen-bond acceptors (Lipinski definition) is 2. The number of rotatable bonds is 5. The zero-order valence-electron chi connectivity index (χ0n) is 13.0. The molecule has 2 unspecified atom stereocenters. The molecule has 20 heavy (non-hydrogen) atoms. The molecule has 2 rings (SSSR count). The van der Waals surface area contributed by atoms with Gasteiger partial charge in [0.1, 0.15) is 0 Å². The fourth-order valence-electron chi connectivity index (χ4n) is 3.71. The summed E-state index contributed by atoms with van der Waals surface area (Å²) in [6.45, 7) is 7.32. The molecule has 3 nitrogen and oxygen atoms in total. The van der Waals surface area contributed by atoms with E-state index in [-0.39, 0.29) is 17.5 Å². The van der Waals surface area contributed by atoms with Crippen molar-refractivity contribution in [3.63, 3.8) is 0 Å². The third-order valence-corrected chi connectivity index (χ3v) is 5.21. The van der Waals surface area contributed by atoms with Gasteiger partial charge in [0.2, 0.25) is 5.91 Å². The highest BCUT2D eigenvalue weighted by atomic mass is 16.2. The molecule has 0 spiro atoms. The first-order valence-electron chi connectivity index (χ1n) is 7.61. The average Bonchev–Trinajstić information content (AvgIpc) is 2.66. The molecule has 3 heteroatoms. The predicted molar refractivity (Wildman–Crippen MR) is 82.3 cm³/mol. The van der Waals surface area contributed by atoms with E-state index in [1.807, 2.05) is 30.1 Å². The maximum Gasteiger partial charge on any atom is 0.240 e. The van der Waals surface area contributed by atoms with E-state index in [0.29, 0.717) is 5.92 Å². The van der Waals surface area contributed by atoms with Crippen LogP contribution in [0.3, 0.4) is 0 Å². The lowest BCUT2D eigenvalue weighted by atomic mass is 9.80. The van der Waals surface area contributed by atoms with Gasteiger partial charge in [-0.25, -0.2) is 0 Å². The largest absolute Gasteiger partial charge is 0.338 e. The minimum absolute atomic E-state index is 0.00539. The first kappa shape index (κ1) is 15.0. The number of nitrogens with one attached hydrogen (secondary N) is 1. The Labute approximate surface area is 122 Å². The summed E-state index contributed by atoms with van der Waals surface area (Å²) in [4.78, 5) is 14.5. The molecule has 1 saturated heterocycles. The molecular weight excluding hydrogens is 248 g/mol. The Morgan fingerprint density at radius 3 is 2.30 bits per heavy atom. The van der Waals surface area contributed by atoms with E-state index < -0.39 is 0 Å². The minimum Gasteiger partial charge on any atom is -0.338 e. The molecule has 1 N–H and O–H groups in total. The maximum absolute atomic E-state index is 12.5. The SMILES string of the molecule is CCC1(CC)C(C)C(NCc2ccccc2)C(=O)N1C. The van der Waals surface area contributed by atoms with Crippen LogP contribution in [0, 0.1) is 5.92 Å². The third kappa shape index (κ3) is 2.35. The Balaban J connectivity index is 2.11. The second-order valence-corrected chi connectivity index (χ2v) is 5.84. The van der Waals surface area contributed by atoms with E-state index in [2.05, 4.69) is 38.2 Å². The average molecular weight is 274 g/mol. The van der Waals surface area contributed by atoms with E-state index >= 15 is 0 Å². The molecule has 0 bridgehead atoms. The van der Waals surface area contributed by atoms with Crippen molar-refractivity contribution in [2.45, 2.75) is 51.7 Å². The van der Waals surface area contributed by atoms with Crippen LogP contribution in [-0.4, -0.2) is 29.4 Å². The van der Waals surface area contributed by atoms with Crippen molar-refractivity contribution in [3.8, 4) is 0 Å². The van der Waals surface area contributed by atoms with Gasteiger partial charge in [0, 0.05) is 25.0 Å². The second-order valence-electron chi connectivity index (χ2n) is 5.84. The van der Waals surface area contributed by atoms with Gasteiger partial charge in [-0.3, -0.25) is 4.79 Å². The topological polar surface area (TPSA) is 32.3 Å². The number of benzene rings is 1. The molecule has 1 aliphatic rings. The van der Waals surface area contributed by atoms with Crippen LogP contribution in [0.15, 0.2) is 30.3 Å². The summed E-state index contributed by atoms with van der Waals surface area (Å²) in [7, 11) is 1.95. The molecule has 1 heterocycles. The fraction of sp³-hybridized carbons (Fsp3) is 0.588. The highest BCUT2D eigenvalue weighted by Gasteiger charge is 2.52. The summed E-state index contributed by atoms with van der Waals surface area (Å²) >= 11 is 0. The number of amides is 1. The molecular formula is C17H26N2O. The molecule has 2 atom stereocenters. The normalized spacial score (nSPS) is 25.2. The first-order valence-corrected chi connectivity index (χ1v) is 7.61. The number of carbonyl (C=O) groups excluding carboxylic acids is 1. The van der Waals surface area contributed by atoms with E-state index in [9.17, 15) is 4.79 Å². The third-order valence-electron chi connectivity index (χ3n) is 5.21. The molecule has 1 aliphatic heterocycles. The van der Waals surface area contributed by atoms with Gasteiger partial charge in [-0.1, -0.05) is 51.1 Å². The van der Waals surface area contributed by atoms with Crippen LogP contribution >= 0.6 is 0 Å². The summed E-state index contributed by atoms with van der Waals surface area (Å²) < 4.78 is 0. The smallest absolute Gasteiger partial charge is 0.240 e. The zero-order chi connectivity index (χ0) is 14.8. The van der Waals surface area contributed by atoms with Gasteiger partial charge in [0.25, 0.3) is 0 Å². The van der Waals surface area contributed by atoms with Crippen LogP contribution < -0.4 is 5.32 Å². The zero-order valence-corrected chi connectivity index (χ0v) is 13.0. The second kappa shape index (κ2) is 5.96. The van der Waals surface area contributed by atoms with Gasteiger partial charge in [0.15, 0.2) is 0 Å². The summed E-state index contributed by atoms with van der Waals surface area (Å²) in [6, 6.07) is 10.2. The molecule has 0 aromatic heterocycles. The van der Waals surface area contributed by atoms with Gasteiger partial charge in [-0.2, -0.15) is 0 Å². The Hall–Kier alpha value is -1.35. The summed E-state index contributed by atoms with van der Waals surface area (Å²) in [5, 5.41) is 3.46. The number of hydrogen-bond donors (Lipinski definition) is 1. The highest BCUT2D eigenvalue weighted by molar-refractivity contribution is 5.85. The summed E-state index contributed by atoms with van der Waals surface area (Å²) in [5.74, 6) is 0.566. The molecule has 1 aromatic carbocycles. The fourth-order valence-corrected chi connectivity index (χ4v) is 3.71. The van der Waals surface area contributed by atoms with Gasteiger partial charge >= 0.3 is 0 Å².